The Bertz CT molecular complexity index is 924. The Labute approximate surface area is 205 Å². The van der Waals surface area contributed by atoms with Gasteiger partial charge in [-0.05, 0) is 49.1 Å². The second-order valence-corrected chi connectivity index (χ2v) is 9.55. The number of benzene rings is 2. The van der Waals surface area contributed by atoms with Crippen LogP contribution in [0.15, 0.2) is 42.5 Å². The Morgan fingerprint density at radius 2 is 1.69 bits per heavy atom. The molecule has 2 amide bonds. The van der Waals surface area contributed by atoms with Gasteiger partial charge in [0.25, 0.3) is 0 Å². The van der Waals surface area contributed by atoms with Gasteiger partial charge in [-0.1, -0.05) is 79.2 Å². The Morgan fingerprint density at radius 3 is 2.31 bits per heavy atom. The highest BCUT2D eigenvalue weighted by molar-refractivity contribution is 6.36. The van der Waals surface area contributed by atoms with Gasteiger partial charge in [-0.25, -0.2) is 0 Å². The second kappa shape index (κ2) is 11.9. The molecule has 1 atom stereocenters. The van der Waals surface area contributed by atoms with E-state index >= 15 is 0 Å². The van der Waals surface area contributed by atoms with Crippen LogP contribution in [0, 0.1) is 0 Å². The zero-order valence-electron chi connectivity index (χ0n) is 18.3. The fourth-order valence-corrected chi connectivity index (χ4v) is 4.97. The van der Waals surface area contributed by atoms with E-state index in [0.717, 1.165) is 31.2 Å². The molecule has 1 unspecified atom stereocenters. The van der Waals surface area contributed by atoms with Gasteiger partial charge in [0.05, 0.1) is 6.42 Å². The minimum Gasteiger partial charge on any atom is -0.352 e. The number of hydrogen-bond donors (Lipinski definition) is 1. The van der Waals surface area contributed by atoms with Gasteiger partial charge in [0, 0.05) is 33.2 Å². The van der Waals surface area contributed by atoms with Gasteiger partial charge in [-0.2, -0.15) is 0 Å². The van der Waals surface area contributed by atoms with E-state index < -0.39 is 6.04 Å². The summed E-state index contributed by atoms with van der Waals surface area (Å²) in [5, 5.41) is 4.69. The molecule has 1 aliphatic rings. The van der Waals surface area contributed by atoms with Crippen molar-refractivity contribution in [3.8, 4) is 0 Å². The summed E-state index contributed by atoms with van der Waals surface area (Å²) >= 11 is 18.9. The summed E-state index contributed by atoms with van der Waals surface area (Å²) in [5.41, 5.74) is 1.43. The Morgan fingerprint density at radius 1 is 1.03 bits per heavy atom. The second-order valence-electron chi connectivity index (χ2n) is 8.30. The molecule has 0 aliphatic heterocycles. The number of nitrogens with zero attached hydrogens (tertiary/aromatic N) is 1. The van der Waals surface area contributed by atoms with Crippen LogP contribution in [0.2, 0.25) is 15.1 Å². The first-order valence-corrected chi connectivity index (χ1v) is 12.3. The minimum atomic E-state index is -0.615. The van der Waals surface area contributed by atoms with E-state index in [9.17, 15) is 9.59 Å². The SMILES string of the molecule is CCC(C(=O)NC1CCCCC1)N(Cc1c(Cl)cccc1Cl)C(=O)Cc1cccc(Cl)c1. The van der Waals surface area contributed by atoms with Crippen LogP contribution >= 0.6 is 34.8 Å². The molecule has 0 aromatic heterocycles. The zero-order chi connectivity index (χ0) is 23.1. The quantitative estimate of drug-likeness (QED) is 0.458. The van der Waals surface area contributed by atoms with Gasteiger partial charge in [0.15, 0.2) is 0 Å². The molecule has 1 fully saturated rings. The Balaban J connectivity index is 1.86. The maximum atomic E-state index is 13.5. The summed E-state index contributed by atoms with van der Waals surface area (Å²) in [7, 11) is 0. The lowest BCUT2D eigenvalue weighted by molar-refractivity contribution is -0.141. The number of amides is 2. The molecule has 1 aliphatic carbocycles. The molecule has 2 aromatic rings. The van der Waals surface area contributed by atoms with Crippen molar-refractivity contribution in [1.82, 2.24) is 10.2 Å². The van der Waals surface area contributed by atoms with Crippen molar-refractivity contribution in [1.29, 1.82) is 0 Å². The molecule has 0 spiro atoms. The van der Waals surface area contributed by atoms with Gasteiger partial charge in [0.1, 0.15) is 6.04 Å². The van der Waals surface area contributed by atoms with E-state index in [4.69, 9.17) is 34.8 Å². The van der Waals surface area contributed by atoms with E-state index in [1.54, 1.807) is 35.2 Å². The van der Waals surface area contributed by atoms with Gasteiger partial charge < -0.3 is 10.2 Å². The Hall–Kier alpha value is -1.75. The summed E-state index contributed by atoms with van der Waals surface area (Å²) in [4.78, 5) is 28.3. The predicted molar refractivity (Wildman–Crippen MR) is 131 cm³/mol. The van der Waals surface area contributed by atoms with Crippen molar-refractivity contribution in [2.75, 3.05) is 0 Å². The zero-order valence-corrected chi connectivity index (χ0v) is 20.5. The van der Waals surface area contributed by atoms with E-state index in [2.05, 4.69) is 5.32 Å². The molecule has 1 saturated carbocycles. The number of hydrogen-bond acceptors (Lipinski definition) is 2. The van der Waals surface area contributed by atoms with Crippen molar-refractivity contribution < 1.29 is 9.59 Å². The molecule has 0 heterocycles. The molecule has 7 heteroatoms. The fraction of sp³-hybridized carbons (Fsp3) is 0.440. The monoisotopic (exact) mass is 494 g/mol. The smallest absolute Gasteiger partial charge is 0.243 e. The molecule has 2 aromatic carbocycles. The number of rotatable bonds is 8. The number of nitrogens with one attached hydrogen (secondary N) is 1. The lowest BCUT2D eigenvalue weighted by atomic mass is 9.95. The van der Waals surface area contributed by atoms with Crippen LogP contribution in [0.25, 0.3) is 0 Å². The van der Waals surface area contributed by atoms with Crippen molar-refractivity contribution in [2.45, 2.75) is 70.5 Å². The number of carbonyl (C=O) groups excluding carboxylic acids is 2. The maximum Gasteiger partial charge on any atom is 0.243 e. The first kappa shape index (κ1) is 24.9. The molecule has 1 N–H and O–H groups in total. The van der Waals surface area contributed by atoms with E-state index in [1.807, 2.05) is 19.1 Å². The van der Waals surface area contributed by atoms with E-state index in [1.165, 1.54) is 6.42 Å². The highest BCUT2D eigenvalue weighted by Crippen LogP contribution is 2.28. The lowest BCUT2D eigenvalue weighted by Gasteiger charge is -2.33. The van der Waals surface area contributed by atoms with Crippen molar-refractivity contribution in [2.24, 2.45) is 0 Å². The molecule has 0 bridgehead atoms. The first-order chi connectivity index (χ1) is 15.4. The van der Waals surface area contributed by atoms with E-state index in [0.29, 0.717) is 27.1 Å². The van der Waals surface area contributed by atoms with Gasteiger partial charge in [0.2, 0.25) is 11.8 Å². The Kier molecular flexibility index (Phi) is 9.27. The largest absolute Gasteiger partial charge is 0.352 e. The predicted octanol–water partition coefficient (Wildman–Crippen LogP) is 6.45. The average molecular weight is 496 g/mol. The number of halogens is 3. The van der Waals surface area contributed by atoms with Crippen LogP contribution in [0.4, 0.5) is 0 Å². The van der Waals surface area contributed by atoms with Gasteiger partial charge in [-0.15, -0.1) is 0 Å². The highest BCUT2D eigenvalue weighted by Gasteiger charge is 2.31. The van der Waals surface area contributed by atoms with Crippen LogP contribution in [-0.4, -0.2) is 28.8 Å². The highest BCUT2D eigenvalue weighted by atomic mass is 35.5. The maximum absolute atomic E-state index is 13.5. The van der Waals surface area contributed by atoms with Crippen LogP contribution < -0.4 is 5.32 Å². The summed E-state index contributed by atoms with van der Waals surface area (Å²) in [5.74, 6) is -0.295. The summed E-state index contributed by atoms with van der Waals surface area (Å²) in [6, 6.07) is 12.0. The molecule has 32 heavy (non-hydrogen) atoms. The standard InChI is InChI=1S/C25H29Cl3N2O2/c1-2-23(25(32)29-19-10-4-3-5-11-19)30(16-20-21(27)12-7-13-22(20)28)24(31)15-17-8-6-9-18(26)14-17/h6-9,12-14,19,23H,2-5,10-11,15-16H2,1H3,(H,29,32). The van der Waals surface area contributed by atoms with Crippen LogP contribution in [-0.2, 0) is 22.6 Å². The topological polar surface area (TPSA) is 49.4 Å². The molecule has 3 rings (SSSR count). The van der Waals surface area contributed by atoms with Gasteiger partial charge >= 0.3 is 0 Å². The lowest BCUT2D eigenvalue weighted by Crippen LogP contribution is -2.52. The molecular weight excluding hydrogens is 467 g/mol. The summed E-state index contributed by atoms with van der Waals surface area (Å²) in [6.45, 7) is 2.08. The summed E-state index contributed by atoms with van der Waals surface area (Å²) in [6.07, 6.45) is 6.03. The third kappa shape index (κ3) is 6.63. The average Bonchev–Trinajstić information content (AvgIpc) is 2.76. The van der Waals surface area contributed by atoms with Crippen molar-refractivity contribution >= 4 is 46.6 Å². The van der Waals surface area contributed by atoms with E-state index in [-0.39, 0.29) is 30.8 Å². The first-order valence-electron chi connectivity index (χ1n) is 11.2. The molecule has 0 saturated heterocycles. The van der Waals surface area contributed by atoms with Crippen LogP contribution in [0.1, 0.15) is 56.6 Å². The summed E-state index contributed by atoms with van der Waals surface area (Å²) < 4.78 is 0. The van der Waals surface area contributed by atoms with Crippen LogP contribution in [0.5, 0.6) is 0 Å². The van der Waals surface area contributed by atoms with Crippen molar-refractivity contribution in [3.05, 3.63) is 68.7 Å². The third-order valence-electron chi connectivity index (χ3n) is 5.97. The van der Waals surface area contributed by atoms with Crippen molar-refractivity contribution in [3.63, 3.8) is 0 Å². The minimum absolute atomic E-state index is 0.123. The molecule has 0 radical (unpaired) electrons. The number of carbonyl (C=O) groups is 2. The van der Waals surface area contributed by atoms with Crippen LogP contribution in [0.3, 0.4) is 0 Å². The molecule has 172 valence electrons. The van der Waals surface area contributed by atoms with Gasteiger partial charge in [-0.3, -0.25) is 9.59 Å². The third-order valence-corrected chi connectivity index (χ3v) is 6.92. The molecular formula is C25H29Cl3N2O2. The fourth-order valence-electron chi connectivity index (χ4n) is 4.24. The normalized spacial score (nSPS) is 15.2. The molecule has 4 nitrogen and oxygen atoms in total.